The Bertz CT molecular complexity index is 637. The molecule has 4 rings (SSSR count). The molecule has 0 aromatic heterocycles. The van der Waals surface area contributed by atoms with Gasteiger partial charge in [-0.3, -0.25) is 0 Å². The molecule has 4 fully saturated rings. The van der Waals surface area contributed by atoms with Crippen molar-refractivity contribution in [3.63, 3.8) is 0 Å². The van der Waals surface area contributed by atoms with E-state index in [1.165, 1.54) is 83.8 Å². The van der Waals surface area contributed by atoms with Crippen LogP contribution in [0.1, 0.15) is 98.3 Å². The van der Waals surface area contributed by atoms with Gasteiger partial charge in [0.25, 0.3) is 0 Å². The van der Waals surface area contributed by atoms with E-state index in [0.29, 0.717) is 16.9 Å². The quantitative estimate of drug-likeness (QED) is 0.357. The van der Waals surface area contributed by atoms with Crippen molar-refractivity contribution in [3.05, 3.63) is 0 Å². The van der Waals surface area contributed by atoms with Crippen molar-refractivity contribution < 1.29 is 0 Å². The van der Waals surface area contributed by atoms with Crippen molar-refractivity contribution in [2.24, 2.45) is 46.2 Å². The second-order valence-electron chi connectivity index (χ2n) is 13.8. The summed E-state index contributed by atoms with van der Waals surface area (Å²) in [5, 5.41) is 7.77. The first kappa shape index (κ1) is 26.9. The van der Waals surface area contributed by atoms with Gasteiger partial charge in [0, 0.05) is 12.1 Å². The highest BCUT2D eigenvalue weighted by Crippen LogP contribution is 2.67. The Balaban J connectivity index is 1.28. The third-order valence-corrected chi connectivity index (χ3v) is 11.5. The van der Waals surface area contributed by atoms with Crippen molar-refractivity contribution in [3.8, 4) is 0 Å². The fourth-order valence-electron chi connectivity index (χ4n) is 9.39. The number of fused-ring (bicyclic) bond motifs is 5. The van der Waals surface area contributed by atoms with Gasteiger partial charge in [-0.15, -0.1) is 0 Å². The molecule has 0 aromatic carbocycles. The molecule has 198 valence electrons. The molecule has 8 atom stereocenters. The number of nitrogens with one attached hydrogen (secondary N) is 2. The van der Waals surface area contributed by atoms with E-state index in [0.717, 1.165) is 55.1 Å². The van der Waals surface area contributed by atoms with E-state index >= 15 is 0 Å². The van der Waals surface area contributed by atoms with Crippen molar-refractivity contribution in [2.75, 3.05) is 39.8 Å². The van der Waals surface area contributed by atoms with Crippen LogP contribution >= 0.6 is 0 Å². The monoisotopic (exact) mass is 474 g/mol. The minimum absolute atomic E-state index is 0.600. The normalized spacial score (nSPS) is 42.0. The summed E-state index contributed by atoms with van der Waals surface area (Å²) in [6.45, 7) is 15.6. The molecule has 0 saturated heterocycles. The zero-order valence-corrected chi connectivity index (χ0v) is 23.4. The predicted octanol–water partition coefficient (Wildman–Crippen LogP) is 5.27. The summed E-state index contributed by atoms with van der Waals surface area (Å²) in [7, 11) is 2.24. The number of hydrogen-bond acceptors (Lipinski definition) is 4. The lowest BCUT2D eigenvalue weighted by atomic mass is 9.44. The molecule has 0 heterocycles. The average Bonchev–Trinajstić information content (AvgIpc) is 3.15. The summed E-state index contributed by atoms with van der Waals surface area (Å²) in [4.78, 5) is 2.44. The first-order valence-electron chi connectivity index (χ1n) is 15.1. The van der Waals surface area contributed by atoms with Gasteiger partial charge in [0.1, 0.15) is 0 Å². The van der Waals surface area contributed by atoms with E-state index in [1.54, 1.807) is 0 Å². The number of nitrogens with zero attached hydrogens (tertiary/aromatic N) is 1. The molecule has 0 aromatic rings. The molecule has 4 aliphatic rings. The third kappa shape index (κ3) is 5.55. The third-order valence-electron chi connectivity index (χ3n) is 11.5. The summed E-state index contributed by atoms with van der Waals surface area (Å²) in [6, 6.07) is 1.38. The molecule has 4 aliphatic carbocycles. The number of hydrogen-bond donors (Lipinski definition) is 3. The van der Waals surface area contributed by atoms with E-state index in [9.17, 15) is 0 Å². The minimum Gasteiger partial charge on any atom is -0.330 e. The fraction of sp³-hybridized carbons (Fsp3) is 1.00. The second-order valence-corrected chi connectivity index (χ2v) is 13.8. The Morgan fingerprint density at radius 3 is 2.41 bits per heavy atom. The second kappa shape index (κ2) is 11.5. The molecule has 4 heteroatoms. The molecule has 4 nitrogen and oxygen atoms in total. The van der Waals surface area contributed by atoms with Crippen molar-refractivity contribution >= 4 is 0 Å². The summed E-state index contributed by atoms with van der Waals surface area (Å²) in [6.07, 6.45) is 15.7. The Hall–Kier alpha value is -0.160. The van der Waals surface area contributed by atoms with Crippen LogP contribution in [0, 0.1) is 40.4 Å². The van der Waals surface area contributed by atoms with Gasteiger partial charge >= 0.3 is 0 Å². The molecule has 0 bridgehead atoms. The standard InChI is InChI=1S/C30H58N4/c1-22(2)33-21-24-9-11-27-26-10-8-23-20-25(32-17-7-19-34(5)18-6-16-31)12-14-29(23,3)28(26)13-15-30(24,27)4/h22-28,32-33H,6-21,31H2,1-5H3. The first-order chi connectivity index (χ1) is 16.3. The molecule has 8 unspecified atom stereocenters. The molecule has 34 heavy (non-hydrogen) atoms. The van der Waals surface area contributed by atoms with E-state index in [2.05, 4.69) is 50.3 Å². The van der Waals surface area contributed by atoms with Crippen LogP contribution in [-0.4, -0.2) is 56.8 Å². The van der Waals surface area contributed by atoms with Crippen LogP contribution in [0.3, 0.4) is 0 Å². The smallest absolute Gasteiger partial charge is 0.00701 e. The topological polar surface area (TPSA) is 53.3 Å². The van der Waals surface area contributed by atoms with Gasteiger partial charge in [0.05, 0.1) is 0 Å². The molecule has 0 radical (unpaired) electrons. The van der Waals surface area contributed by atoms with Gasteiger partial charge < -0.3 is 21.3 Å². The van der Waals surface area contributed by atoms with Crippen LogP contribution in [-0.2, 0) is 0 Å². The number of nitrogens with two attached hydrogens (primary N) is 1. The Labute approximate surface area is 211 Å². The van der Waals surface area contributed by atoms with E-state index in [-0.39, 0.29) is 0 Å². The number of rotatable bonds is 11. The van der Waals surface area contributed by atoms with Crippen LogP contribution < -0.4 is 16.4 Å². The lowest BCUT2D eigenvalue weighted by Crippen LogP contribution is -2.55. The van der Waals surface area contributed by atoms with Crippen LogP contribution in [0.15, 0.2) is 0 Å². The van der Waals surface area contributed by atoms with Crippen molar-refractivity contribution in [2.45, 2.75) is 110 Å². The molecule has 0 aliphatic heterocycles. The van der Waals surface area contributed by atoms with Gasteiger partial charge in [-0.05, 0) is 151 Å². The van der Waals surface area contributed by atoms with Gasteiger partial charge in [-0.1, -0.05) is 27.7 Å². The Morgan fingerprint density at radius 1 is 0.912 bits per heavy atom. The van der Waals surface area contributed by atoms with Gasteiger partial charge in [0.15, 0.2) is 0 Å². The molecule has 4 N–H and O–H groups in total. The highest BCUT2D eigenvalue weighted by atomic mass is 15.1. The van der Waals surface area contributed by atoms with Gasteiger partial charge in [-0.2, -0.15) is 0 Å². The van der Waals surface area contributed by atoms with Crippen LogP contribution in [0.5, 0.6) is 0 Å². The Kier molecular flexibility index (Phi) is 9.08. The highest BCUT2D eigenvalue weighted by Gasteiger charge is 2.59. The predicted molar refractivity (Wildman–Crippen MR) is 146 cm³/mol. The van der Waals surface area contributed by atoms with Gasteiger partial charge in [-0.25, -0.2) is 0 Å². The summed E-state index contributed by atoms with van der Waals surface area (Å²) < 4.78 is 0. The summed E-state index contributed by atoms with van der Waals surface area (Å²) in [5.74, 6) is 4.86. The lowest BCUT2D eigenvalue weighted by molar-refractivity contribution is -0.114. The van der Waals surface area contributed by atoms with Crippen molar-refractivity contribution in [1.29, 1.82) is 0 Å². The average molecular weight is 475 g/mol. The molecular formula is C30H58N4. The zero-order chi connectivity index (χ0) is 24.3. The maximum absolute atomic E-state index is 5.65. The first-order valence-corrected chi connectivity index (χ1v) is 15.1. The van der Waals surface area contributed by atoms with Crippen molar-refractivity contribution in [1.82, 2.24) is 15.5 Å². The highest BCUT2D eigenvalue weighted by molar-refractivity contribution is 5.09. The van der Waals surface area contributed by atoms with Crippen LogP contribution in [0.4, 0.5) is 0 Å². The lowest BCUT2D eigenvalue weighted by Gasteiger charge is -2.61. The maximum atomic E-state index is 5.65. The van der Waals surface area contributed by atoms with Crippen LogP contribution in [0.2, 0.25) is 0 Å². The molecule has 0 amide bonds. The molecule has 4 saturated carbocycles. The Morgan fingerprint density at radius 2 is 1.65 bits per heavy atom. The largest absolute Gasteiger partial charge is 0.330 e. The van der Waals surface area contributed by atoms with E-state index in [1.807, 2.05) is 0 Å². The van der Waals surface area contributed by atoms with E-state index < -0.39 is 0 Å². The summed E-state index contributed by atoms with van der Waals surface area (Å²) >= 11 is 0. The minimum atomic E-state index is 0.600. The van der Waals surface area contributed by atoms with Gasteiger partial charge in [0.2, 0.25) is 0 Å². The van der Waals surface area contributed by atoms with Crippen LogP contribution in [0.25, 0.3) is 0 Å². The maximum Gasteiger partial charge on any atom is 0.00701 e. The SMILES string of the molecule is CC(C)NCC1CCC2C3CCC4CC(NCCCN(C)CCCN)CCC4(C)C3CCC12C. The van der Waals surface area contributed by atoms with E-state index in [4.69, 9.17) is 5.73 Å². The molecular weight excluding hydrogens is 416 g/mol. The summed E-state index contributed by atoms with van der Waals surface area (Å²) in [5.41, 5.74) is 6.86. The molecule has 0 spiro atoms. The fourth-order valence-corrected chi connectivity index (χ4v) is 9.39. The zero-order valence-electron chi connectivity index (χ0n) is 23.4.